The van der Waals surface area contributed by atoms with Crippen LogP contribution in [0.4, 0.5) is 5.82 Å². The van der Waals surface area contributed by atoms with Gasteiger partial charge in [-0.1, -0.05) is 30.9 Å². The number of aliphatic imine (C=N–C) groups is 1. The van der Waals surface area contributed by atoms with E-state index in [2.05, 4.69) is 30.8 Å². The van der Waals surface area contributed by atoms with E-state index < -0.39 is 0 Å². The lowest BCUT2D eigenvalue weighted by atomic mass is 9.95. The first kappa shape index (κ1) is 20.7. The number of hydrogen-bond donors (Lipinski definition) is 3. The van der Waals surface area contributed by atoms with Gasteiger partial charge in [0.25, 0.3) is 0 Å². The average molecular weight is 407 g/mol. The number of hydrogen-bond acceptors (Lipinski definition) is 4. The number of carbonyl (C=O) groups excluding carboxylic acids is 1. The Labute approximate surface area is 172 Å². The maximum Gasteiger partial charge on any atom is 0.242 e. The topological polar surface area (TPSA) is 81.6 Å². The Kier molecular flexibility index (Phi) is 7.77. The highest BCUT2D eigenvalue weighted by molar-refractivity contribution is 6.32. The van der Waals surface area contributed by atoms with Crippen LogP contribution in [0.2, 0.25) is 5.02 Å². The minimum absolute atomic E-state index is 0.00239. The number of amides is 1. The van der Waals surface area contributed by atoms with Crippen molar-refractivity contribution in [1.82, 2.24) is 20.9 Å². The molecule has 0 bridgehead atoms. The fourth-order valence-electron chi connectivity index (χ4n) is 3.86. The van der Waals surface area contributed by atoms with Crippen LogP contribution in [0.5, 0.6) is 0 Å². The predicted molar refractivity (Wildman–Crippen MR) is 114 cm³/mol. The third-order valence-electron chi connectivity index (χ3n) is 5.26. The molecule has 8 heteroatoms. The Morgan fingerprint density at radius 1 is 1.25 bits per heavy atom. The minimum Gasteiger partial charge on any atom is -0.357 e. The van der Waals surface area contributed by atoms with Crippen molar-refractivity contribution in [2.75, 3.05) is 31.1 Å². The highest BCUT2D eigenvalue weighted by Gasteiger charge is 2.25. The summed E-state index contributed by atoms with van der Waals surface area (Å²) in [5.41, 5.74) is 0. The molecule has 0 radical (unpaired) electrons. The lowest BCUT2D eigenvalue weighted by Crippen LogP contribution is -2.45. The molecule has 3 rings (SSSR count). The Morgan fingerprint density at radius 3 is 2.82 bits per heavy atom. The zero-order valence-corrected chi connectivity index (χ0v) is 17.3. The van der Waals surface area contributed by atoms with Crippen molar-refractivity contribution >= 4 is 29.3 Å². The largest absolute Gasteiger partial charge is 0.357 e. The Balaban J connectivity index is 1.50. The Hall–Kier alpha value is -2.02. The molecule has 7 nitrogen and oxygen atoms in total. The first-order chi connectivity index (χ1) is 13.7. The maximum absolute atomic E-state index is 12.2. The Bertz CT molecular complexity index is 676. The number of guanidine groups is 1. The van der Waals surface area contributed by atoms with Crippen LogP contribution < -0.4 is 20.9 Å². The molecule has 1 aromatic heterocycles. The van der Waals surface area contributed by atoms with Gasteiger partial charge in [-0.15, -0.1) is 0 Å². The quantitative estimate of drug-likeness (QED) is 0.499. The van der Waals surface area contributed by atoms with Gasteiger partial charge in [0.05, 0.1) is 5.02 Å². The summed E-state index contributed by atoms with van der Waals surface area (Å²) in [6.45, 7) is 4.60. The summed E-state index contributed by atoms with van der Waals surface area (Å²) in [5.74, 6) is 1.50. The van der Waals surface area contributed by atoms with Gasteiger partial charge in [-0.3, -0.25) is 4.79 Å². The van der Waals surface area contributed by atoms with Crippen molar-refractivity contribution in [3.05, 3.63) is 23.4 Å². The molecule has 1 aliphatic carbocycles. The van der Waals surface area contributed by atoms with Gasteiger partial charge in [-0.25, -0.2) is 9.98 Å². The number of pyridine rings is 1. The van der Waals surface area contributed by atoms with Gasteiger partial charge in [0.15, 0.2) is 5.96 Å². The average Bonchev–Trinajstić information content (AvgIpc) is 3.16. The first-order valence-corrected chi connectivity index (χ1v) is 10.7. The molecule has 1 saturated heterocycles. The zero-order chi connectivity index (χ0) is 19.8. The van der Waals surface area contributed by atoms with E-state index in [1.807, 2.05) is 19.1 Å². The van der Waals surface area contributed by atoms with E-state index in [-0.39, 0.29) is 18.5 Å². The van der Waals surface area contributed by atoms with Gasteiger partial charge >= 0.3 is 0 Å². The molecule has 154 valence electrons. The summed E-state index contributed by atoms with van der Waals surface area (Å²) in [6.07, 6.45) is 8.59. The van der Waals surface area contributed by atoms with E-state index in [9.17, 15) is 4.79 Å². The molecule has 1 unspecified atom stereocenters. The van der Waals surface area contributed by atoms with E-state index >= 15 is 0 Å². The third-order valence-corrected chi connectivity index (χ3v) is 5.56. The molecule has 1 aliphatic heterocycles. The Morgan fingerprint density at radius 2 is 2.07 bits per heavy atom. The van der Waals surface area contributed by atoms with Crippen LogP contribution in [-0.4, -0.2) is 55.1 Å². The summed E-state index contributed by atoms with van der Waals surface area (Å²) >= 11 is 6.27. The van der Waals surface area contributed by atoms with Crippen LogP contribution in [0.1, 0.15) is 45.4 Å². The van der Waals surface area contributed by atoms with Crippen molar-refractivity contribution in [2.45, 2.75) is 57.5 Å². The standard InChI is InChI=1S/C20H31ClN6O/c1-2-22-20(24-13-18(28)25-15-7-4-3-5-8-15)26-16-10-12-27(14-16)19-17(21)9-6-11-23-19/h6,9,11,15-16H,2-5,7-8,10,12-14H2,1H3,(H,25,28)(H2,22,24,26). The normalized spacial score (nSPS) is 20.9. The monoisotopic (exact) mass is 406 g/mol. The molecule has 0 spiro atoms. The molecule has 3 N–H and O–H groups in total. The first-order valence-electron chi connectivity index (χ1n) is 10.4. The number of aromatic nitrogens is 1. The third kappa shape index (κ3) is 5.99. The number of anilines is 1. The second-order valence-corrected chi connectivity index (χ2v) is 7.89. The molecule has 2 heterocycles. The van der Waals surface area contributed by atoms with Crippen LogP contribution in [0.15, 0.2) is 23.3 Å². The molecule has 28 heavy (non-hydrogen) atoms. The second-order valence-electron chi connectivity index (χ2n) is 7.48. The molecular weight excluding hydrogens is 376 g/mol. The van der Waals surface area contributed by atoms with E-state index in [1.165, 1.54) is 19.3 Å². The van der Waals surface area contributed by atoms with Crippen LogP contribution in [0, 0.1) is 0 Å². The molecule has 1 aromatic rings. The summed E-state index contributed by atoms with van der Waals surface area (Å²) < 4.78 is 0. The van der Waals surface area contributed by atoms with Gasteiger partial charge in [-0.05, 0) is 38.3 Å². The molecule has 2 fully saturated rings. The van der Waals surface area contributed by atoms with Crippen LogP contribution in [0.25, 0.3) is 0 Å². The SMILES string of the molecule is CCNC(=NCC(=O)NC1CCCCC1)NC1CCN(c2ncccc2Cl)C1. The van der Waals surface area contributed by atoms with Gasteiger partial charge in [0.1, 0.15) is 12.4 Å². The van der Waals surface area contributed by atoms with E-state index in [0.717, 1.165) is 44.7 Å². The van der Waals surface area contributed by atoms with Crippen LogP contribution in [-0.2, 0) is 4.79 Å². The van der Waals surface area contributed by atoms with Crippen molar-refractivity contribution in [3.8, 4) is 0 Å². The second kappa shape index (κ2) is 10.5. The highest BCUT2D eigenvalue weighted by Crippen LogP contribution is 2.25. The van der Waals surface area contributed by atoms with Crippen molar-refractivity contribution in [3.63, 3.8) is 0 Å². The minimum atomic E-state index is -0.00239. The predicted octanol–water partition coefficient (Wildman–Crippen LogP) is 2.32. The molecule has 2 aliphatic rings. The fraction of sp³-hybridized carbons (Fsp3) is 0.650. The van der Waals surface area contributed by atoms with Gasteiger partial charge in [-0.2, -0.15) is 0 Å². The smallest absolute Gasteiger partial charge is 0.242 e. The van der Waals surface area contributed by atoms with Gasteiger partial charge in [0.2, 0.25) is 5.91 Å². The lowest BCUT2D eigenvalue weighted by molar-refractivity contribution is -0.120. The zero-order valence-electron chi connectivity index (χ0n) is 16.6. The van der Waals surface area contributed by atoms with Crippen LogP contribution in [0.3, 0.4) is 0 Å². The van der Waals surface area contributed by atoms with Crippen molar-refractivity contribution in [1.29, 1.82) is 0 Å². The molecule has 1 amide bonds. The van der Waals surface area contributed by atoms with Crippen molar-refractivity contribution in [2.24, 2.45) is 4.99 Å². The lowest BCUT2D eigenvalue weighted by Gasteiger charge is -2.22. The highest BCUT2D eigenvalue weighted by atomic mass is 35.5. The van der Waals surface area contributed by atoms with E-state index in [4.69, 9.17) is 11.6 Å². The molecule has 1 saturated carbocycles. The maximum atomic E-state index is 12.2. The van der Waals surface area contributed by atoms with Gasteiger partial charge < -0.3 is 20.9 Å². The molecule has 1 atom stereocenters. The number of halogens is 1. The number of carbonyl (C=O) groups is 1. The summed E-state index contributed by atoms with van der Waals surface area (Å²) in [4.78, 5) is 23.3. The summed E-state index contributed by atoms with van der Waals surface area (Å²) in [5, 5.41) is 10.5. The van der Waals surface area contributed by atoms with E-state index in [1.54, 1.807) is 6.20 Å². The number of nitrogens with zero attached hydrogens (tertiary/aromatic N) is 3. The number of rotatable bonds is 6. The molecular formula is C20H31ClN6O. The number of nitrogens with one attached hydrogen (secondary N) is 3. The van der Waals surface area contributed by atoms with Crippen molar-refractivity contribution < 1.29 is 4.79 Å². The fourth-order valence-corrected chi connectivity index (χ4v) is 4.11. The van der Waals surface area contributed by atoms with Gasteiger partial charge in [0, 0.05) is 37.9 Å². The summed E-state index contributed by atoms with van der Waals surface area (Å²) in [6, 6.07) is 4.25. The van der Waals surface area contributed by atoms with Crippen LogP contribution >= 0.6 is 11.6 Å². The molecule has 0 aromatic carbocycles. The summed E-state index contributed by atoms with van der Waals surface area (Å²) in [7, 11) is 0. The van der Waals surface area contributed by atoms with E-state index in [0.29, 0.717) is 17.0 Å².